The van der Waals surface area contributed by atoms with Crippen LogP contribution in [0.15, 0.2) is 88.9 Å². The summed E-state index contributed by atoms with van der Waals surface area (Å²) >= 11 is 0. The van der Waals surface area contributed by atoms with Crippen molar-refractivity contribution >= 4 is 27.8 Å². The van der Waals surface area contributed by atoms with Crippen LogP contribution in [0, 0.1) is 6.92 Å². The lowest BCUT2D eigenvalue weighted by molar-refractivity contribution is -0.137. The Bertz CT molecular complexity index is 1260. The van der Waals surface area contributed by atoms with Gasteiger partial charge in [0.15, 0.2) is 0 Å². The van der Waals surface area contributed by atoms with E-state index >= 15 is 0 Å². The van der Waals surface area contributed by atoms with Crippen molar-refractivity contribution in [3.63, 3.8) is 0 Å². The molecule has 3 aromatic rings. The molecule has 6 nitrogen and oxygen atoms in total. The number of hydrazone groups is 1. The van der Waals surface area contributed by atoms with Crippen LogP contribution in [-0.2, 0) is 21.0 Å². The van der Waals surface area contributed by atoms with Gasteiger partial charge < -0.3 is 0 Å². The zero-order valence-electron chi connectivity index (χ0n) is 17.5. The Labute approximate surface area is 189 Å². The molecule has 0 heterocycles. The first-order valence-electron chi connectivity index (χ1n) is 9.71. The van der Waals surface area contributed by atoms with Crippen molar-refractivity contribution in [2.24, 2.45) is 5.10 Å². The topological polar surface area (TPSA) is 78.8 Å². The second-order valence-electron chi connectivity index (χ2n) is 7.08. The number of sulfonamides is 1. The largest absolute Gasteiger partial charge is 0.416 e. The fourth-order valence-electron chi connectivity index (χ4n) is 2.97. The number of rotatable bonds is 7. The smallest absolute Gasteiger partial charge is 0.271 e. The molecule has 1 N–H and O–H groups in total. The molecule has 3 aromatic carbocycles. The number of amides is 1. The van der Waals surface area contributed by atoms with Gasteiger partial charge in [0.2, 0.25) is 0 Å². The molecule has 0 bridgehead atoms. The van der Waals surface area contributed by atoms with Gasteiger partial charge in [0, 0.05) is 0 Å². The first-order valence-corrected chi connectivity index (χ1v) is 11.1. The third-order valence-corrected chi connectivity index (χ3v) is 6.31. The van der Waals surface area contributed by atoms with E-state index in [1.54, 1.807) is 18.2 Å². The van der Waals surface area contributed by atoms with E-state index in [-0.39, 0.29) is 10.6 Å². The van der Waals surface area contributed by atoms with Crippen LogP contribution < -0.4 is 9.73 Å². The summed E-state index contributed by atoms with van der Waals surface area (Å²) in [6, 6.07) is 18.2. The Morgan fingerprint density at radius 2 is 1.70 bits per heavy atom. The van der Waals surface area contributed by atoms with Gasteiger partial charge in [-0.15, -0.1) is 0 Å². The maximum Gasteiger partial charge on any atom is 0.416 e. The third kappa shape index (κ3) is 6.19. The van der Waals surface area contributed by atoms with Gasteiger partial charge in [-0.1, -0.05) is 54.1 Å². The number of nitrogens with zero attached hydrogens (tertiary/aromatic N) is 2. The van der Waals surface area contributed by atoms with Gasteiger partial charge in [0.25, 0.3) is 15.9 Å². The van der Waals surface area contributed by atoms with Crippen molar-refractivity contribution in [2.45, 2.75) is 18.0 Å². The van der Waals surface area contributed by atoms with Crippen LogP contribution in [0.3, 0.4) is 0 Å². The van der Waals surface area contributed by atoms with Gasteiger partial charge in [-0.2, -0.15) is 18.3 Å². The molecule has 0 unspecified atom stereocenters. The Morgan fingerprint density at radius 3 is 2.36 bits per heavy atom. The molecular weight excluding hydrogens is 455 g/mol. The summed E-state index contributed by atoms with van der Waals surface area (Å²) in [7, 11) is -4.34. The Hall–Kier alpha value is -3.66. The highest BCUT2D eigenvalue weighted by Crippen LogP contribution is 2.33. The molecule has 0 radical (unpaired) electrons. The average molecular weight is 475 g/mol. The molecule has 3 rings (SSSR count). The zero-order valence-corrected chi connectivity index (χ0v) is 18.3. The number of anilines is 1. The van der Waals surface area contributed by atoms with Crippen LogP contribution >= 0.6 is 0 Å². The number of nitrogens with one attached hydrogen (secondary N) is 1. The van der Waals surface area contributed by atoms with E-state index in [2.05, 4.69) is 10.5 Å². The highest BCUT2D eigenvalue weighted by Gasteiger charge is 2.33. The van der Waals surface area contributed by atoms with Gasteiger partial charge >= 0.3 is 6.18 Å². The summed E-state index contributed by atoms with van der Waals surface area (Å²) in [6.45, 7) is 1.11. The van der Waals surface area contributed by atoms with Crippen LogP contribution in [0.5, 0.6) is 0 Å². The van der Waals surface area contributed by atoms with Crippen molar-refractivity contribution in [3.05, 3.63) is 95.6 Å². The standard InChI is InChI=1S/C23H20F3N3O3S/c1-17-7-5-8-18(13-17)15-27-28-22(30)16-29(33(31,32)21-11-3-2-4-12-21)20-10-6-9-19(14-20)23(24,25)26/h2-15H,16H2,1H3,(H,28,30)/b27-15-. The zero-order chi connectivity index (χ0) is 24.1. The van der Waals surface area contributed by atoms with Crippen molar-refractivity contribution in [1.82, 2.24) is 5.43 Å². The summed E-state index contributed by atoms with van der Waals surface area (Å²) in [5.74, 6) is -0.823. The fourth-order valence-corrected chi connectivity index (χ4v) is 4.40. The number of carbonyl (C=O) groups excluding carboxylic acids is 1. The minimum absolute atomic E-state index is 0.168. The lowest BCUT2D eigenvalue weighted by atomic mass is 10.2. The third-order valence-electron chi connectivity index (χ3n) is 4.52. The van der Waals surface area contributed by atoms with Crippen LogP contribution in [0.2, 0.25) is 0 Å². The van der Waals surface area contributed by atoms with Crippen LogP contribution in [-0.4, -0.2) is 27.1 Å². The molecule has 0 aliphatic carbocycles. The van der Waals surface area contributed by atoms with Crippen molar-refractivity contribution < 1.29 is 26.4 Å². The number of halogens is 3. The maximum atomic E-state index is 13.2. The highest BCUT2D eigenvalue weighted by atomic mass is 32.2. The Balaban J connectivity index is 1.90. The number of hydrogen-bond donors (Lipinski definition) is 1. The number of benzene rings is 3. The minimum Gasteiger partial charge on any atom is -0.271 e. The average Bonchev–Trinajstić information content (AvgIpc) is 2.77. The summed E-state index contributed by atoms with van der Waals surface area (Å²) < 4.78 is 66.6. The van der Waals surface area contributed by atoms with Gasteiger partial charge in [0.05, 0.1) is 22.4 Å². The van der Waals surface area contributed by atoms with E-state index in [1.165, 1.54) is 36.5 Å². The monoisotopic (exact) mass is 475 g/mol. The molecule has 0 spiro atoms. The summed E-state index contributed by atoms with van der Waals surface area (Å²) in [4.78, 5) is 12.3. The Kier molecular flexibility index (Phi) is 7.17. The number of alkyl halides is 3. The first kappa shape index (κ1) is 24.0. The number of carbonyl (C=O) groups is 1. The predicted octanol–water partition coefficient (Wildman–Crippen LogP) is 4.36. The van der Waals surface area contributed by atoms with Crippen molar-refractivity contribution in [2.75, 3.05) is 10.8 Å². The molecule has 0 fully saturated rings. The van der Waals surface area contributed by atoms with Crippen molar-refractivity contribution in [3.8, 4) is 0 Å². The molecule has 0 saturated heterocycles. The molecule has 172 valence electrons. The van der Waals surface area contributed by atoms with Gasteiger partial charge in [0.1, 0.15) is 6.54 Å². The summed E-state index contributed by atoms with van der Waals surface area (Å²) in [5, 5.41) is 3.81. The second kappa shape index (κ2) is 9.86. The fraction of sp³-hybridized carbons (Fsp3) is 0.130. The quantitative estimate of drug-likeness (QED) is 0.407. The van der Waals surface area contributed by atoms with Gasteiger partial charge in [-0.05, 0) is 42.8 Å². The van der Waals surface area contributed by atoms with E-state index < -0.39 is 34.2 Å². The van der Waals surface area contributed by atoms with E-state index in [0.29, 0.717) is 15.9 Å². The molecule has 0 saturated carbocycles. The van der Waals surface area contributed by atoms with Gasteiger partial charge in [-0.3, -0.25) is 9.10 Å². The molecule has 1 amide bonds. The molecule has 0 aliphatic rings. The van der Waals surface area contributed by atoms with Crippen LogP contribution in [0.1, 0.15) is 16.7 Å². The van der Waals surface area contributed by atoms with Crippen LogP contribution in [0.4, 0.5) is 18.9 Å². The van der Waals surface area contributed by atoms with E-state index in [1.807, 2.05) is 19.1 Å². The number of aryl methyl sites for hydroxylation is 1. The molecule has 0 aliphatic heterocycles. The molecule has 0 atom stereocenters. The van der Waals surface area contributed by atoms with Crippen LogP contribution in [0.25, 0.3) is 0 Å². The van der Waals surface area contributed by atoms with E-state index in [4.69, 9.17) is 0 Å². The Morgan fingerprint density at radius 1 is 1.00 bits per heavy atom. The lowest BCUT2D eigenvalue weighted by Gasteiger charge is -2.24. The van der Waals surface area contributed by atoms with E-state index in [9.17, 15) is 26.4 Å². The lowest BCUT2D eigenvalue weighted by Crippen LogP contribution is -2.39. The highest BCUT2D eigenvalue weighted by molar-refractivity contribution is 7.92. The SMILES string of the molecule is Cc1cccc(/C=N\NC(=O)CN(c2cccc(C(F)(F)F)c2)S(=O)(=O)c2ccccc2)c1. The molecular formula is C23H20F3N3O3S. The maximum absolute atomic E-state index is 13.2. The summed E-state index contributed by atoms with van der Waals surface area (Å²) in [5.41, 5.74) is 2.58. The van der Waals surface area contributed by atoms with Crippen molar-refractivity contribution in [1.29, 1.82) is 0 Å². The van der Waals surface area contributed by atoms with E-state index in [0.717, 1.165) is 17.7 Å². The first-order chi connectivity index (χ1) is 15.6. The second-order valence-corrected chi connectivity index (χ2v) is 8.94. The van der Waals surface area contributed by atoms with Gasteiger partial charge in [-0.25, -0.2) is 13.8 Å². The number of hydrogen-bond acceptors (Lipinski definition) is 4. The molecule has 10 heteroatoms. The summed E-state index contributed by atoms with van der Waals surface area (Å²) in [6.07, 6.45) is -3.30. The predicted molar refractivity (Wildman–Crippen MR) is 119 cm³/mol. The molecule has 33 heavy (non-hydrogen) atoms. The molecule has 0 aromatic heterocycles. The normalized spacial score (nSPS) is 12.0. The minimum atomic E-state index is -4.68.